The molecule has 0 aromatic heterocycles. The maximum absolute atomic E-state index is 14.8. The molecule has 1 unspecified atom stereocenters. The highest BCUT2D eigenvalue weighted by molar-refractivity contribution is 6.00. The molecule has 2 aliphatic heterocycles. The minimum atomic E-state index is -4.76. The number of anilines is 3. The Hall–Kier alpha value is -3.92. The van der Waals surface area contributed by atoms with Gasteiger partial charge in [-0.3, -0.25) is 9.59 Å². The normalized spacial score (nSPS) is 19.6. The zero-order chi connectivity index (χ0) is 27.7. The molecule has 3 aromatic carbocycles. The van der Waals surface area contributed by atoms with Crippen molar-refractivity contribution in [2.75, 3.05) is 15.5 Å². The number of alkyl halides is 3. The lowest BCUT2D eigenvalue weighted by Crippen LogP contribution is -2.53. The van der Waals surface area contributed by atoms with Gasteiger partial charge in [0.2, 0.25) is 5.91 Å². The summed E-state index contributed by atoms with van der Waals surface area (Å²) in [6.07, 6.45) is -2.07. The number of fused-ring (bicyclic) bond motifs is 3. The Morgan fingerprint density at radius 1 is 0.974 bits per heavy atom. The Bertz CT molecular complexity index is 1390. The van der Waals surface area contributed by atoms with Gasteiger partial charge in [0.1, 0.15) is 11.9 Å². The van der Waals surface area contributed by atoms with E-state index in [1.54, 1.807) is 30.3 Å². The number of carbonyl (C=O) groups excluding carboxylic acids is 2. The van der Waals surface area contributed by atoms with Crippen LogP contribution in [0.2, 0.25) is 0 Å². The van der Waals surface area contributed by atoms with Crippen LogP contribution in [-0.4, -0.2) is 17.9 Å². The van der Waals surface area contributed by atoms with Gasteiger partial charge >= 0.3 is 6.18 Å². The van der Waals surface area contributed by atoms with Gasteiger partial charge in [-0.2, -0.15) is 13.2 Å². The van der Waals surface area contributed by atoms with E-state index in [4.69, 9.17) is 5.73 Å². The molecule has 2 saturated heterocycles. The molecule has 4 N–H and O–H groups in total. The summed E-state index contributed by atoms with van der Waals surface area (Å²) in [6.45, 7) is 0.250. The standard InChI is InChI=1S/C29H28F4N4O2/c30-24-7-2-1-6-22(24)26(35-19-5-3-4-17(14-19)16-34)27(38)36-20-10-13-25(23(15-20)29(31,32)33)37-21-11-8-18(9-12-21)28(37)39/h1-7,10,13-15,18,21,26,35H,8-9,11-12,16,34H2,(H,36,38). The van der Waals surface area contributed by atoms with Crippen LogP contribution in [0, 0.1) is 11.7 Å². The zero-order valence-electron chi connectivity index (χ0n) is 21.0. The van der Waals surface area contributed by atoms with Gasteiger partial charge in [-0.05, 0) is 67.6 Å². The number of nitrogens with zero attached hydrogens (tertiary/aromatic N) is 1. The van der Waals surface area contributed by atoms with Gasteiger partial charge in [0.15, 0.2) is 0 Å². The number of nitrogens with one attached hydrogen (secondary N) is 2. The lowest BCUT2D eigenvalue weighted by molar-refractivity contribution is -0.137. The van der Waals surface area contributed by atoms with Gasteiger partial charge in [0.05, 0.1) is 11.3 Å². The molecule has 2 bridgehead atoms. The minimum Gasteiger partial charge on any atom is -0.370 e. The quantitative estimate of drug-likeness (QED) is 0.321. The van der Waals surface area contributed by atoms with Gasteiger partial charge < -0.3 is 21.3 Å². The maximum atomic E-state index is 14.8. The molecule has 2 heterocycles. The number of piperidine rings is 2. The van der Waals surface area contributed by atoms with Gasteiger partial charge in [-0.1, -0.05) is 30.3 Å². The lowest BCUT2D eigenvalue weighted by atomic mass is 9.78. The highest BCUT2D eigenvalue weighted by atomic mass is 19.4. The van der Waals surface area contributed by atoms with Crippen LogP contribution < -0.4 is 21.3 Å². The van der Waals surface area contributed by atoms with Gasteiger partial charge in [0, 0.05) is 35.4 Å². The molecule has 6 rings (SSSR count). The van der Waals surface area contributed by atoms with E-state index in [1.165, 1.54) is 35.2 Å². The molecule has 0 spiro atoms. The number of hydrogen-bond acceptors (Lipinski definition) is 4. The Morgan fingerprint density at radius 2 is 1.72 bits per heavy atom. The molecule has 3 aliphatic rings. The fourth-order valence-electron chi connectivity index (χ4n) is 5.49. The molecule has 6 nitrogen and oxygen atoms in total. The molecule has 0 radical (unpaired) electrons. The average Bonchev–Trinajstić information content (AvgIpc) is 2.92. The topological polar surface area (TPSA) is 87.5 Å². The van der Waals surface area contributed by atoms with Crippen molar-refractivity contribution < 1.29 is 27.2 Å². The van der Waals surface area contributed by atoms with Gasteiger partial charge in [-0.25, -0.2) is 4.39 Å². The maximum Gasteiger partial charge on any atom is 0.418 e. The Kier molecular flexibility index (Phi) is 7.31. The Morgan fingerprint density at radius 3 is 2.38 bits per heavy atom. The second-order valence-corrected chi connectivity index (χ2v) is 9.94. The third-order valence-corrected chi connectivity index (χ3v) is 7.43. The molecular weight excluding hydrogens is 512 g/mol. The summed E-state index contributed by atoms with van der Waals surface area (Å²) in [4.78, 5) is 27.6. The summed E-state index contributed by atoms with van der Waals surface area (Å²) in [5.41, 5.74) is 5.67. The van der Waals surface area contributed by atoms with Crippen molar-refractivity contribution in [1.82, 2.24) is 0 Å². The highest BCUT2D eigenvalue weighted by Gasteiger charge is 2.44. The summed E-state index contributed by atoms with van der Waals surface area (Å²) < 4.78 is 57.4. The van der Waals surface area contributed by atoms with Crippen molar-refractivity contribution in [1.29, 1.82) is 0 Å². The fourth-order valence-corrected chi connectivity index (χ4v) is 5.49. The van der Waals surface area contributed by atoms with Crippen LogP contribution >= 0.6 is 0 Å². The van der Waals surface area contributed by atoms with E-state index in [0.29, 0.717) is 31.4 Å². The van der Waals surface area contributed by atoms with Crippen LogP contribution in [0.1, 0.15) is 48.4 Å². The van der Waals surface area contributed by atoms with Crippen LogP contribution in [0.5, 0.6) is 0 Å². The summed E-state index contributed by atoms with van der Waals surface area (Å²) in [7, 11) is 0. The first-order chi connectivity index (χ1) is 18.7. The number of hydrogen-bond donors (Lipinski definition) is 3. The Labute approximate surface area is 223 Å². The molecule has 39 heavy (non-hydrogen) atoms. The lowest BCUT2D eigenvalue weighted by Gasteiger charge is -2.45. The van der Waals surface area contributed by atoms with Crippen molar-refractivity contribution in [3.63, 3.8) is 0 Å². The van der Waals surface area contributed by atoms with Crippen LogP contribution in [-0.2, 0) is 22.3 Å². The first-order valence-corrected chi connectivity index (χ1v) is 12.8. The molecule has 3 aromatic rings. The fraction of sp³-hybridized carbons (Fsp3) is 0.310. The second kappa shape index (κ2) is 10.7. The molecular formula is C29H28F4N4O2. The summed E-state index contributed by atoms with van der Waals surface area (Å²) in [6, 6.07) is 14.5. The smallest absolute Gasteiger partial charge is 0.370 e. The molecule has 2 amide bonds. The number of benzene rings is 3. The van der Waals surface area contributed by atoms with E-state index in [9.17, 15) is 27.2 Å². The average molecular weight is 541 g/mol. The number of rotatable bonds is 7. The van der Waals surface area contributed by atoms with E-state index in [2.05, 4.69) is 10.6 Å². The third-order valence-electron chi connectivity index (χ3n) is 7.43. The van der Waals surface area contributed by atoms with Gasteiger partial charge in [0.25, 0.3) is 5.91 Å². The van der Waals surface area contributed by atoms with E-state index >= 15 is 0 Å². The van der Waals surface area contributed by atoms with Crippen LogP contribution in [0.15, 0.2) is 66.7 Å². The Balaban J connectivity index is 1.47. The van der Waals surface area contributed by atoms with E-state index < -0.39 is 29.5 Å². The molecule has 1 atom stereocenters. The van der Waals surface area contributed by atoms with Crippen molar-refractivity contribution in [2.24, 2.45) is 11.7 Å². The first-order valence-electron chi connectivity index (χ1n) is 12.8. The van der Waals surface area contributed by atoms with E-state index in [-0.39, 0.29) is 41.3 Å². The summed E-state index contributed by atoms with van der Waals surface area (Å²) in [5.74, 6) is -1.96. The van der Waals surface area contributed by atoms with E-state index in [0.717, 1.165) is 11.6 Å². The van der Waals surface area contributed by atoms with Crippen molar-refractivity contribution in [3.05, 3.63) is 89.2 Å². The third kappa shape index (κ3) is 5.47. The predicted octanol–water partition coefficient (Wildman–Crippen LogP) is 6.00. The monoisotopic (exact) mass is 540 g/mol. The number of halogens is 4. The molecule has 204 valence electrons. The SMILES string of the molecule is NCc1cccc(NC(C(=O)Nc2ccc(N3C(=O)C4CCC3CC4)c(C(F)(F)F)c2)c2ccccc2F)c1. The van der Waals surface area contributed by atoms with Crippen molar-refractivity contribution >= 4 is 28.9 Å². The first kappa shape index (κ1) is 26.7. The second-order valence-electron chi connectivity index (χ2n) is 9.94. The zero-order valence-corrected chi connectivity index (χ0v) is 21.0. The van der Waals surface area contributed by atoms with Crippen LogP contribution in [0.25, 0.3) is 0 Å². The van der Waals surface area contributed by atoms with Crippen molar-refractivity contribution in [3.8, 4) is 0 Å². The highest BCUT2D eigenvalue weighted by Crippen LogP contribution is 2.44. The summed E-state index contributed by atoms with van der Waals surface area (Å²) >= 11 is 0. The molecule has 10 heteroatoms. The largest absolute Gasteiger partial charge is 0.418 e. The number of amides is 2. The predicted molar refractivity (Wildman–Crippen MR) is 140 cm³/mol. The molecule has 3 fully saturated rings. The van der Waals surface area contributed by atoms with Crippen LogP contribution in [0.3, 0.4) is 0 Å². The van der Waals surface area contributed by atoms with Crippen LogP contribution in [0.4, 0.5) is 34.6 Å². The van der Waals surface area contributed by atoms with Crippen molar-refractivity contribution in [2.45, 2.75) is 50.5 Å². The molecule has 1 aliphatic carbocycles. The minimum absolute atomic E-state index is 0.0238. The van der Waals surface area contributed by atoms with Gasteiger partial charge in [-0.15, -0.1) is 0 Å². The number of carbonyl (C=O) groups is 2. The number of nitrogens with two attached hydrogens (primary N) is 1. The summed E-state index contributed by atoms with van der Waals surface area (Å²) in [5, 5.41) is 5.49. The molecule has 1 saturated carbocycles. The van der Waals surface area contributed by atoms with E-state index in [1.807, 2.05) is 0 Å².